The molecular weight excluding hydrogens is 388 g/mol. The van der Waals surface area contributed by atoms with Gasteiger partial charge in [0.2, 0.25) is 0 Å². The molecule has 0 aliphatic rings. The summed E-state index contributed by atoms with van der Waals surface area (Å²) in [6.07, 6.45) is 0. The number of phenols is 1. The molecule has 30 heavy (non-hydrogen) atoms. The lowest BCUT2D eigenvalue weighted by Crippen LogP contribution is -2.20. The van der Waals surface area contributed by atoms with Gasteiger partial charge in [-0.15, -0.1) is 11.3 Å². The van der Waals surface area contributed by atoms with Crippen molar-refractivity contribution in [3.8, 4) is 17.0 Å². The SMILES string of the molecule is CC(C)n1c(-c2cc(C(C)(C)C)c(O)c(C(C)(C)C)c2)csc1=Nc1ccccc1. The average Bonchev–Trinajstić information content (AvgIpc) is 3.04. The summed E-state index contributed by atoms with van der Waals surface area (Å²) in [5, 5.41) is 13.3. The zero-order valence-electron chi connectivity index (χ0n) is 19.4. The highest BCUT2D eigenvalue weighted by Crippen LogP contribution is 2.42. The van der Waals surface area contributed by atoms with Gasteiger partial charge in [0.25, 0.3) is 0 Å². The van der Waals surface area contributed by atoms with Crippen LogP contribution in [0.2, 0.25) is 0 Å². The first kappa shape index (κ1) is 22.4. The number of aromatic hydroxyl groups is 1. The molecule has 0 saturated heterocycles. The van der Waals surface area contributed by atoms with Gasteiger partial charge in [0, 0.05) is 22.5 Å². The van der Waals surface area contributed by atoms with Crippen LogP contribution in [0.5, 0.6) is 5.75 Å². The van der Waals surface area contributed by atoms with Crippen LogP contribution in [0, 0.1) is 0 Å². The number of rotatable bonds is 3. The Bertz CT molecular complexity index is 1060. The average molecular weight is 423 g/mol. The van der Waals surface area contributed by atoms with E-state index in [1.807, 2.05) is 30.3 Å². The van der Waals surface area contributed by atoms with E-state index in [1.54, 1.807) is 11.3 Å². The van der Waals surface area contributed by atoms with Crippen molar-refractivity contribution in [2.24, 2.45) is 4.99 Å². The van der Waals surface area contributed by atoms with Crippen LogP contribution in [-0.2, 0) is 10.8 Å². The first-order valence-electron chi connectivity index (χ1n) is 10.6. The minimum atomic E-state index is -0.157. The highest BCUT2D eigenvalue weighted by molar-refractivity contribution is 7.07. The summed E-state index contributed by atoms with van der Waals surface area (Å²) < 4.78 is 2.29. The van der Waals surface area contributed by atoms with E-state index in [9.17, 15) is 5.11 Å². The van der Waals surface area contributed by atoms with Crippen LogP contribution in [0.25, 0.3) is 11.3 Å². The van der Waals surface area contributed by atoms with E-state index in [1.165, 1.54) is 0 Å². The van der Waals surface area contributed by atoms with E-state index in [-0.39, 0.29) is 16.9 Å². The largest absolute Gasteiger partial charge is 0.507 e. The van der Waals surface area contributed by atoms with Gasteiger partial charge in [-0.1, -0.05) is 59.7 Å². The molecule has 0 radical (unpaired) electrons. The molecule has 0 saturated carbocycles. The van der Waals surface area contributed by atoms with Crippen molar-refractivity contribution in [2.45, 2.75) is 72.3 Å². The van der Waals surface area contributed by atoms with Gasteiger partial charge in [-0.2, -0.15) is 0 Å². The van der Waals surface area contributed by atoms with Gasteiger partial charge in [-0.05, 0) is 54.5 Å². The summed E-state index contributed by atoms with van der Waals surface area (Å²) in [5.41, 5.74) is 4.87. The van der Waals surface area contributed by atoms with Crippen molar-refractivity contribution >= 4 is 17.0 Å². The molecule has 3 rings (SSSR count). The van der Waals surface area contributed by atoms with Crippen molar-refractivity contribution in [1.82, 2.24) is 4.57 Å². The lowest BCUT2D eigenvalue weighted by Gasteiger charge is -2.28. The number of hydrogen-bond donors (Lipinski definition) is 1. The highest BCUT2D eigenvalue weighted by Gasteiger charge is 2.27. The Kier molecular flexibility index (Phi) is 6.01. The number of phenolic OH excluding ortho intramolecular Hbond substituents is 1. The van der Waals surface area contributed by atoms with Crippen LogP contribution in [-0.4, -0.2) is 9.67 Å². The summed E-state index contributed by atoms with van der Waals surface area (Å²) >= 11 is 1.66. The molecular formula is C26H34N2OS. The lowest BCUT2D eigenvalue weighted by molar-refractivity contribution is 0.423. The Morgan fingerprint density at radius 2 is 1.43 bits per heavy atom. The van der Waals surface area contributed by atoms with Crippen molar-refractivity contribution in [3.63, 3.8) is 0 Å². The Labute approximate surface area is 184 Å². The third-order valence-electron chi connectivity index (χ3n) is 5.26. The molecule has 0 bridgehead atoms. The van der Waals surface area contributed by atoms with Gasteiger partial charge in [0.15, 0.2) is 4.80 Å². The molecule has 3 nitrogen and oxygen atoms in total. The Morgan fingerprint density at radius 1 is 0.900 bits per heavy atom. The zero-order valence-corrected chi connectivity index (χ0v) is 20.3. The second-order valence-electron chi connectivity index (χ2n) is 10.2. The van der Waals surface area contributed by atoms with Crippen LogP contribution >= 0.6 is 11.3 Å². The van der Waals surface area contributed by atoms with Crippen LogP contribution in [0.15, 0.2) is 52.8 Å². The predicted molar refractivity (Wildman–Crippen MR) is 129 cm³/mol. The Morgan fingerprint density at radius 3 is 1.90 bits per heavy atom. The molecule has 0 atom stereocenters. The summed E-state index contributed by atoms with van der Waals surface area (Å²) in [7, 11) is 0. The number of benzene rings is 2. The Hall–Kier alpha value is -2.33. The van der Waals surface area contributed by atoms with E-state index in [0.29, 0.717) is 5.75 Å². The van der Waals surface area contributed by atoms with Crippen LogP contribution in [0.4, 0.5) is 5.69 Å². The van der Waals surface area contributed by atoms with Crippen molar-refractivity contribution < 1.29 is 5.11 Å². The standard InChI is InChI=1S/C26H34N2OS/c1-17(2)28-22(16-30-24(28)27-19-12-10-9-11-13-19)18-14-20(25(3,4)5)23(29)21(15-18)26(6,7)8/h9-17,29H,1-8H3. The molecule has 0 amide bonds. The van der Waals surface area contributed by atoms with Gasteiger partial charge < -0.3 is 9.67 Å². The minimum absolute atomic E-state index is 0.157. The van der Waals surface area contributed by atoms with Gasteiger partial charge >= 0.3 is 0 Å². The highest BCUT2D eigenvalue weighted by atomic mass is 32.1. The van der Waals surface area contributed by atoms with E-state index in [0.717, 1.165) is 32.9 Å². The summed E-state index contributed by atoms with van der Waals surface area (Å²) in [5.74, 6) is 0.416. The molecule has 1 heterocycles. The molecule has 0 fully saturated rings. The lowest BCUT2D eigenvalue weighted by atomic mass is 9.78. The second kappa shape index (κ2) is 8.07. The molecule has 2 aromatic carbocycles. The molecule has 1 N–H and O–H groups in total. The van der Waals surface area contributed by atoms with Gasteiger partial charge in [0.1, 0.15) is 5.75 Å². The maximum atomic E-state index is 11.1. The fraction of sp³-hybridized carbons (Fsp3) is 0.423. The number of nitrogens with zero attached hydrogens (tertiary/aromatic N) is 2. The first-order valence-corrected chi connectivity index (χ1v) is 11.5. The Balaban J connectivity index is 2.30. The van der Waals surface area contributed by atoms with E-state index in [2.05, 4.69) is 77.5 Å². The van der Waals surface area contributed by atoms with Crippen LogP contribution < -0.4 is 4.80 Å². The maximum Gasteiger partial charge on any atom is 0.190 e. The summed E-state index contributed by atoms with van der Waals surface area (Å²) in [6.45, 7) is 17.3. The minimum Gasteiger partial charge on any atom is -0.507 e. The van der Waals surface area contributed by atoms with E-state index >= 15 is 0 Å². The first-order chi connectivity index (χ1) is 13.9. The number of para-hydroxylation sites is 1. The number of hydrogen-bond acceptors (Lipinski definition) is 3. The fourth-order valence-corrected chi connectivity index (χ4v) is 4.70. The summed E-state index contributed by atoms with van der Waals surface area (Å²) in [4.78, 5) is 5.88. The van der Waals surface area contributed by atoms with Crippen molar-refractivity contribution in [1.29, 1.82) is 0 Å². The van der Waals surface area contributed by atoms with Crippen molar-refractivity contribution in [2.75, 3.05) is 0 Å². The van der Waals surface area contributed by atoms with E-state index in [4.69, 9.17) is 4.99 Å². The second-order valence-corrected chi connectivity index (χ2v) is 11.1. The quantitative estimate of drug-likeness (QED) is 0.471. The molecule has 0 unspecified atom stereocenters. The number of thiazole rings is 1. The molecule has 4 heteroatoms. The molecule has 160 valence electrons. The third kappa shape index (κ3) is 4.54. The molecule has 3 aromatic rings. The van der Waals surface area contributed by atoms with Gasteiger partial charge in [-0.3, -0.25) is 0 Å². The zero-order chi connectivity index (χ0) is 22.3. The molecule has 0 aliphatic heterocycles. The van der Waals surface area contributed by atoms with Gasteiger partial charge in [-0.25, -0.2) is 4.99 Å². The normalized spacial score (nSPS) is 13.3. The maximum absolute atomic E-state index is 11.1. The molecule has 0 spiro atoms. The summed E-state index contributed by atoms with van der Waals surface area (Å²) in [6, 6.07) is 14.7. The topological polar surface area (TPSA) is 37.5 Å². The molecule has 1 aromatic heterocycles. The van der Waals surface area contributed by atoms with Gasteiger partial charge in [0.05, 0.1) is 11.4 Å². The number of aromatic nitrogens is 1. The van der Waals surface area contributed by atoms with Crippen LogP contribution in [0.3, 0.4) is 0 Å². The third-order valence-corrected chi connectivity index (χ3v) is 6.10. The fourth-order valence-electron chi connectivity index (χ4n) is 3.65. The monoisotopic (exact) mass is 422 g/mol. The van der Waals surface area contributed by atoms with Crippen molar-refractivity contribution in [3.05, 3.63) is 63.8 Å². The van der Waals surface area contributed by atoms with E-state index < -0.39 is 0 Å². The molecule has 0 aliphatic carbocycles. The predicted octanol–water partition coefficient (Wildman–Crippen LogP) is 7.33. The smallest absolute Gasteiger partial charge is 0.190 e. The van der Waals surface area contributed by atoms with Crippen LogP contribution in [0.1, 0.15) is 72.6 Å².